The number of hydrogen-bond acceptors (Lipinski definition) is 2. The van der Waals surface area contributed by atoms with E-state index in [2.05, 4.69) is 0 Å². The second-order valence-corrected chi connectivity index (χ2v) is 2.85. The lowest BCUT2D eigenvalue weighted by atomic mass is 10.3. The Kier molecular flexibility index (Phi) is 1.24. The van der Waals surface area contributed by atoms with E-state index >= 15 is 0 Å². The zero-order valence-electron chi connectivity index (χ0n) is 5.67. The van der Waals surface area contributed by atoms with Crippen LogP contribution < -0.4 is 0 Å². The molecule has 2 heteroatoms. The number of fused-ring (bicyclic) bond motifs is 1. The maximum Gasteiger partial charge on any atom is 0.155 e. The summed E-state index contributed by atoms with van der Waals surface area (Å²) in [6, 6.07) is 0. The van der Waals surface area contributed by atoms with Gasteiger partial charge in [0.05, 0.1) is 12.2 Å². The van der Waals surface area contributed by atoms with Crippen molar-refractivity contribution in [1.29, 1.82) is 0 Å². The fourth-order valence-corrected chi connectivity index (χ4v) is 1.73. The summed E-state index contributed by atoms with van der Waals surface area (Å²) in [7, 11) is 0. The molecule has 52 valence electrons. The Labute approximate surface area is 55.1 Å². The molecule has 3 atom stereocenters. The van der Waals surface area contributed by atoms with E-state index in [0.717, 1.165) is 0 Å². The summed E-state index contributed by atoms with van der Waals surface area (Å²) in [6.45, 7) is 1.97. The summed E-state index contributed by atoms with van der Waals surface area (Å²) >= 11 is 0. The highest BCUT2D eigenvalue weighted by molar-refractivity contribution is 4.82. The van der Waals surface area contributed by atoms with Crippen molar-refractivity contribution in [2.75, 3.05) is 0 Å². The Morgan fingerprint density at radius 2 is 1.67 bits per heavy atom. The van der Waals surface area contributed by atoms with Crippen molar-refractivity contribution < 1.29 is 9.47 Å². The molecule has 0 aromatic rings. The van der Waals surface area contributed by atoms with Gasteiger partial charge in [0.25, 0.3) is 0 Å². The molecule has 0 spiro atoms. The Balaban J connectivity index is 2.02. The molecule has 0 bridgehead atoms. The third-order valence-corrected chi connectivity index (χ3v) is 2.12. The van der Waals surface area contributed by atoms with E-state index in [-0.39, 0.29) is 6.29 Å². The van der Waals surface area contributed by atoms with Gasteiger partial charge in [-0.3, -0.25) is 0 Å². The second-order valence-electron chi connectivity index (χ2n) is 2.85. The van der Waals surface area contributed by atoms with Gasteiger partial charge in [0.15, 0.2) is 6.29 Å². The molecule has 0 amide bonds. The Bertz CT molecular complexity index is 101. The van der Waals surface area contributed by atoms with Crippen LogP contribution in [-0.4, -0.2) is 18.5 Å². The average Bonchev–Trinajstić information content (AvgIpc) is 2.22. The lowest BCUT2D eigenvalue weighted by molar-refractivity contribution is -0.0574. The lowest BCUT2D eigenvalue weighted by Gasteiger charge is -2.02. The quantitative estimate of drug-likeness (QED) is 0.489. The van der Waals surface area contributed by atoms with Crippen LogP contribution in [0.15, 0.2) is 0 Å². The maximum atomic E-state index is 5.46. The van der Waals surface area contributed by atoms with Crippen LogP contribution in [-0.2, 0) is 9.47 Å². The zero-order valence-corrected chi connectivity index (χ0v) is 5.67. The van der Waals surface area contributed by atoms with Gasteiger partial charge in [-0.15, -0.1) is 0 Å². The fourth-order valence-electron chi connectivity index (χ4n) is 1.73. The number of ether oxygens (including phenoxy) is 2. The second kappa shape index (κ2) is 1.96. The van der Waals surface area contributed by atoms with Gasteiger partial charge >= 0.3 is 0 Å². The van der Waals surface area contributed by atoms with Gasteiger partial charge in [-0.1, -0.05) is 0 Å². The smallest absolute Gasteiger partial charge is 0.155 e. The van der Waals surface area contributed by atoms with Gasteiger partial charge in [-0.2, -0.15) is 0 Å². The molecule has 0 N–H and O–H groups in total. The van der Waals surface area contributed by atoms with Crippen LogP contribution in [0.2, 0.25) is 0 Å². The minimum Gasteiger partial charge on any atom is -0.347 e. The third kappa shape index (κ3) is 0.864. The molecular weight excluding hydrogens is 116 g/mol. The molecule has 2 rings (SSSR count). The van der Waals surface area contributed by atoms with Crippen molar-refractivity contribution in [2.45, 2.75) is 44.7 Å². The van der Waals surface area contributed by atoms with E-state index in [0.29, 0.717) is 12.2 Å². The third-order valence-electron chi connectivity index (χ3n) is 2.12. The maximum absolute atomic E-state index is 5.46. The van der Waals surface area contributed by atoms with Crippen LogP contribution in [0.5, 0.6) is 0 Å². The molecule has 0 aromatic heterocycles. The van der Waals surface area contributed by atoms with E-state index < -0.39 is 0 Å². The predicted octanol–water partition coefficient (Wildman–Crippen LogP) is 1.30. The Morgan fingerprint density at radius 1 is 1.11 bits per heavy atom. The van der Waals surface area contributed by atoms with Crippen LogP contribution >= 0.6 is 0 Å². The molecule has 1 heterocycles. The van der Waals surface area contributed by atoms with Crippen molar-refractivity contribution >= 4 is 0 Å². The molecule has 1 aliphatic carbocycles. The molecule has 1 saturated heterocycles. The molecule has 1 unspecified atom stereocenters. The summed E-state index contributed by atoms with van der Waals surface area (Å²) in [6.07, 6.45) is 4.60. The first kappa shape index (κ1) is 5.69. The first-order valence-electron chi connectivity index (χ1n) is 3.67. The molecule has 0 radical (unpaired) electrons. The molecule has 2 fully saturated rings. The van der Waals surface area contributed by atoms with Gasteiger partial charge in [-0.25, -0.2) is 0 Å². The van der Waals surface area contributed by atoms with Crippen molar-refractivity contribution in [3.05, 3.63) is 0 Å². The van der Waals surface area contributed by atoms with Crippen LogP contribution in [0.4, 0.5) is 0 Å². The van der Waals surface area contributed by atoms with Crippen LogP contribution in [0.3, 0.4) is 0 Å². The van der Waals surface area contributed by atoms with Gasteiger partial charge < -0.3 is 9.47 Å². The van der Waals surface area contributed by atoms with Crippen LogP contribution in [0.25, 0.3) is 0 Å². The van der Waals surface area contributed by atoms with E-state index in [1.807, 2.05) is 6.92 Å². The van der Waals surface area contributed by atoms with E-state index in [4.69, 9.17) is 9.47 Å². The summed E-state index contributed by atoms with van der Waals surface area (Å²) < 4.78 is 10.9. The summed E-state index contributed by atoms with van der Waals surface area (Å²) in [4.78, 5) is 0. The highest BCUT2D eigenvalue weighted by atomic mass is 16.7. The fraction of sp³-hybridized carbons (Fsp3) is 1.00. The van der Waals surface area contributed by atoms with Crippen LogP contribution in [0, 0.1) is 0 Å². The molecule has 2 aliphatic rings. The summed E-state index contributed by atoms with van der Waals surface area (Å²) in [5.41, 5.74) is 0. The van der Waals surface area contributed by atoms with E-state index in [1.165, 1.54) is 19.3 Å². The number of hydrogen-bond donors (Lipinski definition) is 0. The lowest BCUT2D eigenvalue weighted by Crippen LogP contribution is -2.13. The zero-order chi connectivity index (χ0) is 6.27. The van der Waals surface area contributed by atoms with Crippen molar-refractivity contribution in [3.8, 4) is 0 Å². The topological polar surface area (TPSA) is 18.5 Å². The highest BCUT2D eigenvalue weighted by Crippen LogP contribution is 2.32. The first-order valence-corrected chi connectivity index (χ1v) is 3.67. The molecule has 9 heavy (non-hydrogen) atoms. The van der Waals surface area contributed by atoms with Gasteiger partial charge in [-0.05, 0) is 26.2 Å². The Morgan fingerprint density at radius 3 is 2.22 bits per heavy atom. The SMILES string of the molecule is CC1O[C@H]2CCC[C@H]2O1. The standard InChI is InChI=1S/C7H12O2/c1-5-8-6-3-2-4-7(6)9-5/h5-7H,2-4H2,1H3/t5?,6-,7+. The molecule has 1 saturated carbocycles. The minimum absolute atomic E-state index is 0.0558. The molecule has 0 aromatic carbocycles. The highest BCUT2D eigenvalue weighted by Gasteiger charge is 2.37. The normalized spacial score (nSPS) is 49.7. The molecular formula is C7H12O2. The molecule has 1 aliphatic heterocycles. The van der Waals surface area contributed by atoms with Gasteiger partial charge in [0.2, 0.25) is 0 Å². The minimum atomic E-state index is 0.0558. The molecule has 2 nitrogen and oxygen atoms in total. The summed E-state index contributed by atoms with van der Waals surface area (Å²) in [5, 5.41) is 0. The van der Waals surface area contributed by atoms with Crippen molar-refractivity contribution in [2.24, 2.45) is 0 Å². The summed E-state index contributed by atoms with van der Waals surface area (Å²) in [5.74, 6) is 0. The largest absolute Gasteiger partial charge is 0.347 e. The van der Waals surface area contributed by atoms with Gasteiger partial charge in [0.1, 0.15) is 0 Å². The predicted molar refractivity (Wildman–Crippen MR) is 33.1 cm³/mol. The Hall–Kier alpha value is -0.0800. The van der Waals surface area contributed by atoms with Gasteiger partial charge in [0, 0.05) is 0 Å². The van der Waals surface area contributed by atoms with Crippen molar-refractivity contribution in [3.63, 3.8) is 0 Å². The van der Waals surface area contributed by atoms with E-state index in [1.54, 1.807) is 0 Å². The van der Waals surface area contributed by atoms with Crippen LogP contribution in [0.1, 0.15) is 26.2 Å². The monoisotopic (exact) mass is 128 g/mol. The first-order chi connectivity index (χ1) is 4.36. The average molecular weight is 128 g/mol. The number of rotatable bonds is 0. The van der Waals surface area contributed by atoms with Crippen molar-refractivity contribution in [1.82, 2.24) is 0 Å². The van der Waals surface area contributed by atoms with E-state index in [9.17, 15) is 0 Å².